The molecule has 3 aromatic rings. The lowest BCUT2D eigenvalue weighted by Gasteiger charge is -2.30. The number of thiazole rings is 1. The van der Waals surface area contributed by atoms with Crippen molar-refractivity contribution < 1.29 is 13.6 Å². The third-order valence-corrected chi connectivity index (χ3v) is 6.21. The summed E-state index contributed by atoms with van der Waals surface area (Å²) < 4.78 is 26.1. The van der Waals surface area contributed by atoms with Crippen LogP contribution in [0.1, 0.15) is 19.3 Å². The number of anilines is 2. The molecule has 2 aromatic carbocycles. The van der Waals surface area contributed by atoms with Crippen LogP contribution in [0.15, 0.2) is 53.4 Å². The van der Waals surface area contributed by atoms with Crippen LogP contribution >= 0.6 is 23.1 Å². The Balaban J connectivity index is 1.71. The van der Waals surface area contributed by atoms with Gasteiger partial charge in [0.1, 0.15) is 0 Å². The fraction of sp³-hybridized carbons (Fsp3) is 0.263. The van der Waals surface area contributed by atoms with Crippen molar-refractivity contribution in [2.75, 3.05) is 4.90 Å². The number of rotatable bonds is 5. The average Bonchev–Trinajstić information content (AvgIpc) is 2.98. The van der Waals surface area contributed by atoms with Gasteiger partial charge in [-0.25, -0.2) is 4.98 Å². The largest absolute Gasteiger partial charge is 0.288 e. The summed E-state index contributed by atoms with van der Waals surface area (Å²) in [4.78, 5) is 19.8. The number of fused-ring (bicyclic) bond motifs is 1. The van der Waals surface area contributed by atoms with Gasteiger partial charge in [0.25, 0.3) is 5.76 Å². The van der Waals surface area contributed by atoms with Crippen LogP contribution in [0.5, 0.6) is 0 Å². The van der Waals surface area contributed by atoms with E-state index in [2.05, 4.69) is 4.98 Å². The van der Waals surface area contributed by atoms with Crippen LogP contribution in [0, 0.1) is 5.92 Å². The summed E-state index contributed by atoms with van der Waals surface area (Å²) in [5.41, 5.74) is 1.52. The molecular weight excluding hydrogens is 374 g/mol. The molecule has 26 heavy (non-hydrogen) atoms. The number of para-hydroxylation sites is 1. The second kappa shape index (κ2) is 7.32. The van der Waals surface area contributed by atoms with E-state index in [-0.39, 0.29) is 11.8 Å². The molecule has 4 rings (SSSR count). The second-order valence-electron chi connectivity index (χ2n) is 6.14. The van der Waals surface area contributed by atoms with Gasteiger partial charge < -0.3 is 0 Å². The number of carbonyl (C=O) groups is 1. The maximum atomic E-state index is 13.0. The predicted molar refractivity (Wildman–Crippen MR) is 102 cm³/mol. The van der Waals surface area contributed by atoms with Gasteiger partial charge in [-0.2, -0.15) is 8.78 Å². The first-order chi connectivity index (χ1) is 12.6. The number of nitrogens with zero attached hydrogens (tertiary/aromatic N) is 2. The van der Waals surface area contributed by atoms with Crippen molar-refractivity contribution in [1.82, 2.24) is 4.98 Å². The third-order valence-electron chi connectivity index (χ3n) is 4.47. The first-order valence-electron chi connectivity index (χ1n) is 8.36. The Morgan fingerprint density at radius 2 is 1.88 bits per heavy atom. The maximum Gasteiger partial charge on any atom is 0.288 e. The quantitative estimate of drug-likeness (QED) is 0.495. The highest BCUT2D eigenvalue weighted by Crippen LogP contribution is 2.38. The summed E-state index contributed by atoms with van der Waals surface area (Å²) in [5.74, 6) is -2.42. The standard InChI is InChI=1S/C19H16F2N2OS2/c20-18(21)25-14-10-8-13(9-11-14)23(17(24)12-4-3-5-12)19-22-15-6-1-2-7-16(15)26-19/h1-2,6-12,18H,3-5H2. The highest BCUT2D eigenvalue weighted by Gasteiger charge is 2.32. The van der Waals surface area contributed by atoms with Crippen LogP contribution in [-0.4, -0.2) is 16.6 Å². The van der Waals surface area contributed by atoms with E-state index in [1.807, 2.05) is 24.3 Å². The topological polar surface area (TPSA) is 33.2 Å². The SMILES string of the molecule is O=C(C1CCC1)N(c1ccc(SC(F)F)cc1)c1nc2ccccc2s1. The Morgan fingerprint density at radius 1 is 1.15 bits per heavy atom. The van der Waals surface area contributed by atoms with Crippen molar-refractivity contribution in [1.29, 1.82) is 0 Å². The second-order valence-corrected chi connectivity index (χ2v) is 8.21. The van der Waals surface area contributed by atoms with E-state index < -0.39 is 5.76 Å². The van der Waals surface area contributed by atoms with Crippen LogP contribution in [0.2, 0.25) is 0 Å². The summed E-state index contributed by atoms with van der Waals surface area (Å²) in [7, 11) is 0. The summed E-state index contributed by atoms with van der Waals surface area (Å²) in [6, 6.07) is 14.4. The van der Waals surface area contributed by atoms with Gasteiger partial charge in [0, 0.05) is 10.8 Å². The van der Waals surface area contributed by atoms with Crippen molar-refractivity contribution in [2.24, 2.45) is 5.92 Å². The Morgan fingerprint density at radius 3 is 2.50 bits per heavy atom. The van der Waals surface area contributed by atoms with Crippen LogP contribution in [-0.2, 0) is 4.79 Å². The van der Waals surface area contributed by atoms with Gasteiger partial charge >= 0.3 is 0 Å². The lowest BCUT2D eigenvalue weighted by atomic mass is 9.84. The summed E-state index contributed by atoms with van der Waals surface area (Å²) >= 11 is 1.96. The van der Waals surface area contributed by atoms with Gasteiger partial charge in [-0.3, -0.25) is 9.69 Å². The Bertz CT molecular complexity index is 890. The van der Waals surface area contributed by atoms with Crippen molar-refractivity contribution in [2.45, 2.75) is 29.9 Å². The van der Waals surface area contributed by atoms with Crippen molar-refractivity contribution in [3.8, 4) is 0 Å². The monoisotopic (exact) mass is 390 g/mol. The third kappa shape index (κ3) is 3.46. The lowest BCUT2D eigenvalue weighted by molar-refractivity contribution is -0.123. The number of alkyl halides is 2. The van der Waals surface area contributed by atoms with E-state index in [1.165, 1.54) is 11.3 Å². The number of benzene rings is 2. The van der Waals surface area contributed by atoms with Gasteiger partial charge in [0.15, 0.2) is 5.13 Å². The Hall–Kier alpha value is -1.99. The van der Waals surface area contributed by atoms with Crippen LogP contribution < -0.4 is 4.90 Å². The predicted octanol–water partition coefficient (Wildman–Crippen LogP) is 6.08. The van der Waals surface area contributed by atoms with Gasteiger partial charge in [-0.1, -0.05) is 41.7 Å². The van der Waals surface area contributed by atoms with E-state index in [0.29, 0.717) is 27.5 Å². The molecule has 0 saturated heterocycles. The lowest BCUT2D eigenvalue weighted by Crippen LogP contribution is -2.35. The van der Waals surface area contributed by atoms with E-state index >= 15 is 0 Å². The minimum atomic E-state index is -2.46. The normalized spacial score (nSPS) is 14.6. The minimum absolute atomic E-state index is 0.0112. The molecule has 1 amide bonds. The van der Waals surface area contributed by atoms with Crippen LogP contribution in [0.25, 0.3) is 10.2 Å². The van der Waals surface area contributed by atoms with Gasteiger partial charge in [-0.15, -0.1) is 0 Å². The van der Waals surface area contributed by atoms with Crippen LogP contribution in [0.3, 0.4) is 0 Å². The molecule has 1 aliphatic rings. The molecule has 0 radical (unpaired) electrons. The van der Waals surface area contributed by atoms with Crippen LogP contribution in [0.4, 0.5) is 19.6 Å². The van der Waals surface area contributed by atoms with E-state index in [0.717, 1.165) is 29.5 Å². The summed E-state index contributed by atoms with van der Waals surface area (Å²) in [6.45, 7) is 0. The molecule has 1 heterocycles. The smallest absolute Gasteiger partial charge is 0.274 e. The molecule has 1 aromatic heterocycles. The van der Waals surface area contributed by atoms with Gasteiger partial charge in [-0.05, 0) is 49.2 Å². The molecule has 0 unspecified atom stereocenters. The highest BCUT2D eigenvalue weighted by molar-refractivity contribution is 7.99. The molecule has 7 heteroatoms. The number of carbonyl (C=O) groups excluding carboxylic acids is 1. The molecular formula is C19H16F2N2OS2. The number of thioether (sulfide) groups is 1. The Kier molecular flexibility index (Phi) is 4.91. The number of aromatic nitrogens is 1. The molecule has 134 valence electrons. The molecule has 0 aliphatic heterocycles. The average molecular weight is 390 g/mol. The van der Waals surface area contributed by atoms with Gasteiger partial charge in [0.2, 0.25) is 5.91 Å². The van der Waals surface area contributed by atoms with E-state index in [9.17, 15) is 13.6 Å². The number of hydrogen-bond donors (Lipinski definition) is 0. The fourth-order valence-corrected chi connectivity index (χ4v) is 4.39. The van der Waals surface area contributed by atoms with Crippen molar-refractivity contribution in [3.05, 3.63) is 48.5 Å². The minimum Gasteiger partial charge on any atom is -0.274 e. The molecule has 1 fully saturated rings. The summed E-state index contributed by atoms with van der Waals surface area (Å²) in [5, 5.41) is 0.623. The maximum absolute atomic E-state index is 13.0. The summed E-state index contributed by atoms with van der Waals surface area (Å²) in [6.07, 6.45) is 2.84. The molecule has 0 N–H and O–H groups in total. The fourth-order valence-electron chi connectivity index (χ4n) is 2.90. The number of amides is 1. The molecule has 1 saturated carbocycles. The first-order valence-corrected chi connectivity index (χ1v) is 10.1. The zero-order chi connectivity index (χ0) is 18.1. The molecule has 0 atom stereocenters. The highest BCUT2D eigenvalue weighted by atomic mass is 32.2. The van der Waals surface area contributed by atoms with Crippen molar-refractivity contribution >= 4 is 50.0 Å². The zero-order valence-electron chi connectivity index (χ0n) is 13.8. The van der Waals surface area contributed by atoms with E-state index in [1.54, 1.807) is 29.2 Å². The molecule has 0 spiro atoms. The molecule has 0 bridgehead atoms. The molecule has 3 nitrogen and oxygen atoms in total. The van der Waals surface area contributed by atoms with E-state index in [4.69, 9.17) is 0 Å². The molecule has 1 aliphatic carbocycles. The zero-order valence-corrected chi connectivity index (χ0v) is 15.4. The van der Waals surface area contributed by atoms with Crippen molar-refractivity contribution in [3.63, 3.8) is 0 Å². The first kappa shape index (κ1) is 17.4. The van der Waals surface area contributed by atoms with Gasteiger partial charge in [0.05, 0.1) is 15.9 Å². The number of hydrogen-bond acceptors (Lipinski definition) is 4. The number of halogens is 2. The Labute approximate surface area is 158 Å².